The van der Waals surface area contributed by atoms with Crippen LogP contribution in [0.1, 0.15) is 5.56 Å². The zero-order valence-corrected chi connectivity index (χ0v) is 8.88. The van der Waals surface area contributed by atoms with Gasteiger partial charge in [-0.25, -0.2) is 0 Å². The van der Waals surface area contributed by atoms with Gasteiger partial charge in [-0.1, -0.05) is 23.7 Å². The normalized spacial score (nSPS) is 10.6. The van der Waals surface area contributed by atoms with Crippen LogP contribution < -0.4 is 5.32 Å². The minimum atomic E-state index is -0.405. The molecule has 0 fully saturated rings. The number of hydrogen-bond acceptors (Lipinski definition) is 2. The van der Waals surface area contributed by atoms with Gasteiger partial charge in [-0.3, -0.25) is 4.79 Å². The molecule has 1 amide bonds. The van der Waals surface area contributed by atoms with Crippen molar-refractivity contribution in [1.82, 2.24) is 5.32 Å². The molecule has 0 atom stereocenters. The van der Waals surface area contributed by atoms with Crippen molar-refractivity contribution in [2.75, 3.05) is 7.05 Å². The van der Waals surface area contributed by atoms with Crippen molar-refractivity contribution in [2.45, 2.75) is 0 Å². The lowest BCUT2D eigenvalue weighted by Crippen LogP contribution is -2.19. The molecule has 0 aliphatic heterocycles. The summed E-state index contributed by atoms with van der Waals surface area (Å²) in [6.45, 7) is 0. The van der Waals surface area contributed by atoms with Crippen molar-refractivity contribution in [1.29, 1.82) is 5.26 Å². The van der Waals surface area contributed by atoms with Crippen LogP contribution in [0, 0.1) is 11.3 Å². The number of nitrogens with one attached hydrogen (secondary N) is 1. The van der Waals surface area contributed by atoms with Crippen molar-refractivity contribution in [3.8, 4) is 6.07 Å². The van der Waals surface area contributed by atoms with Crippen molar-refractivity contribution < 1.29 is 4.79 Å². The van der Waals surface area contributed by atoms with Gasteiger partial charge < -0.3 is 5.32 Å². The minimum Gasteiger partial charge on any atom is -0.354 e. The second-order valence-corrected chi connectivity index (χ2v) is 3.24. The highest BCUT2D eigenvalue weighted by Crippen LogP contribution is 2.13. The maximum Gasteiger partial charge on any atom is 0.261 e. The average molecular weight is 221 g/mol. The van der Waals surface area contributed by atoms with E-state index >= 15 is 0 Å². The topological polar surface area (TPSA) is 52.9 Å². The number of hydrogen-bond donors (Lipinski definition) is 1. The molecule has 1 N–H and O–H groups in total. The molecular weight excluding hydrogens is 212 g/mol. The fourth-order valence-electron chi connectivity index (χ4n) is 1.05. The monoisotopic (exact) mass is 220 g/mol. The molecular formula is C11H9ClN2O. The van der Waals surface area contributed by atoms with Gasteiger partial charge >= 0.3 is 0 Å². The highest BCUT2D eigenvalue weighted by molar-refractivity contribution is 6.30. The maximum absolute atomic E-state index is 11.2. The third-order valence-corrected chi connectivity index (χ3v) is 1.99. The van der Waals surface area contributed by atoms with E-state index in [1.807, 2.05) is 6.07 Å². The number of carbonyl (C=O) groups is 1. The summed E-state index contributed by atoms with van der Waals surface area (Å²) in [4.78, 5) is 11.2. The van der Waals surface area contributed by atoms with Crippen LogP contribution in [-0.4, -0.2) is 13.0 Å². The van der Waals surface area contributed by atoms with Crippen LogP contribution in [0.15, 0.2) is 29.8 Å². The molecule has 0 saturated carbocycles. The Morgan fingerprint density at radius 1 is 1.60 bits per heavy atom. The Bertz CT molecular complexity index is 446. The van der Waals surface area contributed by atoms with Gasteiger partial charge in [0.2, 0.25) is 0 Å². The molecule has 0 aromatic heterocycles. The molecule has 1 rings (SSSR count). The van der Waals surface area contributed by atoms with Crippen LogP contribution in [0.5, 0.6) is 0 Å². The van der Waals surface area contributed by atoms with E-state index in [0.29, 0.717) is 5.02 Å². The number of likely N-dealkylation sites (N-methyl/N-ethyl adjacent to an activating group) is 1. The molecule has 1 aromatic rings. The van der Waals surface area contributed by atoms with Gasteiger partial charge in [-0.15, -0.1) is 0 Å². The molecule has 0 bridgehead atoms. The summed E-state index contributed by atoms with van der Waals surface area (Å²) < 4.78 is 0. The summed E-state index contributed by atoms with van der Waals surface area (Å²) >= 11 is 5.77. The number of benzene rings is 1. The van der Waals surface area contributed by atoms with Crippen LogP contribution in [0.3, 0.4) is 0 Å². The van der Waals surface area contributed by atoms with E-state index in [1.165, 1.54) is 13.1 Å². The summed E-state index contributed by atoms with van der Waals surface area (Å²) in [5.41, 5.74) is 0.780. The zero-order valence-electron chi connectivity index (χ0n) is 8.12. The Kier molecular flexibility index (Phi) is 3.90. The first-order chi connectivity index (χ1) is 7.17. The quantitative estimate of drug-likeness (QED) is 0.612. The molecule has 0 spiro atoms. The number of amides is 1. The smallest absolute Gasteiger partial charge is 0.261 e. The Balaban J connectivity index is 3.05. The van der Waals surface area contributed by atoms with Gasteiger partial charge in [-0.05, 0) is 23.8 Å². The molecule has 1 aromatic carbocycles. The third kappa shape index (κ3) is 3.12. The fraction of sp³-hybridized carbons (Fsp3) is 0.0909. The van der Waals surface area contributed by atoms with Gasteiger partial charge in [0.05, 0.1) is 0 Å². The number of nitrogens with zero attached hydrogens (tertiary/aromatic N) is 1. The molecule has 15 heavy (non-hydrogen) atoms. The Morgan fingerprint density at radius 2 is 2.33 bits per heavy atom. The average Bonchev–Trinajstić information content (AvgIpc) is 2.25. The summed E-state index contributed by atoms with van der Waals surface area (Å²) in [6.07, 6.45) is 1.49. The molecule has 4 heteroatoms. The predicted octanol–water partition coefficient (Wildman–Crippen LogP) is 1.99. The molecule has 76 valence electrons. The van der Waals surface area contributed by atoms with Crippen molar-refractivity contribution in [2.24, 2.45) is 0 Å². The summed E-state index contributed by atoms with van der Waals surface area (Å²) in [5, 5.41) is 11.7. The van der Waals surface area contributed by atoms with Crippen molar-refractivity contribution in [3.63, 3.8) is 0 Å². The summed E-state index contributed by atoms with van der Waals surface area (Å²) in [6, 6.07) is 8.76. The Hall–Kier alpha value is -1.79. The maximum atomic E-state index is 11.2. The molecule has 0 radical (unpaired) electrons. The van der Waals surface area contributed by atoms with Gasteiger partial charge in [0.15, 0.2) is 0 Å². The molecule has 0 aliphatic rings. The van der Waals surface area contributed by atoms with Crippen molar-refractivity contribution in [3.05, 3.63) is 40.4 Å². The van der Waals surface area contributed by atoms with Gasteiger partial charge in [0.1, 0.15) is 11.6 Å². The van der Waals surface area contributed by atoms with Gasteiger partial charge in [-0.2, -0.15) is 5.26 Å². The standard InChI is InChI=1S/C11H9ClN2O/c1-14-11(15)9(7-13)5-8-3-2-4-10(12)6-8/h2-6H,1H3,(H,14,15)/b9-5+. The van der Waals surface area contributed by atoms with E-state index < -0.39 is 5.91 Å². The molecule has 3 nitrogen and oxygen atoms in total. The highest BCUT2D eigenvalue weighted by Gasteiger charge is 2.05. The fourth-order valence-corrected chi connectivity index (χ4v) is 1.25. The lowest BCUT2D eigenvalue weighted by atomic mass is 10.1. The second kappa shape index (κ2) is 5.18. The summed E-state index contributed by atoms with van der Waals surface area (Å²) in [7, 11) is 1.48. The first kappa shape index (κ1) is 11.3. The first-order valence-corrected chi connectivity index (χ1v) is 4.64. The van der Waals surface area contributed by atoms with E-state index in [-0.39, 0.29) is 5.57 Å². The number of rotatable bonds is 2. The number of carbonyl (C=O) groups excluding carboxylic acids is 1. The van der Waals surface area contributed by atoms with Gasteiger partial charge in [0, 0.05) is 12.1 Å². The van der Waals surface area contributed by atoms with E-state index in [4.69, 9.17) is 16.9 Å². The van der Waals surface area contributed by atoms with Crippen LogP contribution in [0.2, 0.25) is 5.02 Å². The third-order valence-electron chi connectivity index (χ3n) is 1.75. The van der Waals surface area contributed by atoms with Gasteiger partial charge in [0.25, 0.3) is 5.91 Å². The first-order valence-electron chi connectivity index (χ1n) is 4.27. The number of nitriles is 1. The second-order valence-electron chi connectivity index (χ2n) is 2.80. The number of halogens is 1. The molecule has 0 saturated heterocycles. The van der Waals surface area contributed by atoms with E-state index in [0.717, 1.165) is 5.56 Å². The lowest BCUT2D eigenvalue weighted by Gasteiger charge is -1.97. The Morgan fingerprint density at radius 3 is 2.87 bits per heavy atom. The van der Waals surface area contributed by atoms with Crippen LogP contribution in [-0.2, 0) is 4.79 Å². The predicted molar refractivity (Wildman–Crippen MR) is 59.1 cm³/mol. The van der Waals surface area contributed by atoms with E-state index in [2.05, 4.69) is 5.32 Å². The summed E-state index contributed by atoms with van der Waals surface area (Å²) in [5.74, 6) is -0.405. The SMILES string of the molecule is CNC(=O)/C(C#N)=C/c1cccc(Cl)c1. The molecule has 0 heterocycles. The van der Waals surface area contributed by atoms with Crippen LogP contribution >= 0.6 is 11.6 Å². The van der Waals surface area contributed by atoms with Crippen LogP contribution in [0.25, 0.3) is 6.08 Å². The van der Waals surface area contributed by atoms with Crippen LogP contribution in [0.4, 0.5) is 0 Å². The molecule has 0 aliphatic carbocycles. The lowest BCUT2D eigenvalue weighted by molar-refractivity contribution is -0.116. The Labute approximate surface area is 93.0 Å². The van der Waals surface area contributed by atoms with Crippen molar-refractivity contribution >= 4 is 23.6 Å². The molecule has 0 unspecified atom stereocenters. The van der Waals surface area contributed by atoms with E-state index in [9.17, 15) is 4.79 Å². The largest absolute Gasteiger partial charge is 0.354 e. The van der Waals surface area contributed by atoms with E-state index in [1.54, 1.807) is 24.3 Å². The zero-order chi connectivity index (χ0) is 11.3. The highest BCUT2D eigenvalue weighted by atomic mass is 35.5. The minimum absolute atomic E-state index is 0.0553.